The maximum atomic E-state index is 9.30. The molecule has 0 heterocycles. The summed E-state index contributed by atoms with van der Waals surface area (Å²) in [6.07, 6.45) is 2.32. The van der Waals surface area contributed by atoms with Crippen LogP contribution in [0.2, 0.25) is 5.02 Å². The molecule has 1 unspecified atom stereocenters. The molecule has 3 heteroatoms. The van der Waals surface area contributed by atoms with Crippen molar-refractivity contribution < 1.29 is 5.11 Å². The fraction of sp³-hybridized carbons (Fsp3) is 0.600. The Balaban J connectivity index is 1.81. The zero-order valence-corrected chi connectivity index (χ0v) is 11.8. The normalized spacial score (nSPS) is 24.9. The lowest BCUT2D eigenvalue weighted by Crippen LogP contribution is -2.49. The van der Waals surface area contributed by atoms with Crippen LogP contribution in [0.1, 0.15) is 38.2 Å². The highest BCUT2D eigenvalue weighted by atomic mass is 35.5. The van der Waals surface area contributed by atoms with Crippen LogP contribution < -0.4 is 5.32 Å². The average Bonchev–Trinajstić information content (AvgIpc) is 2.29. The molecule has 1 aromatic rings. The van der Waals surface area contributed by atoms with Gasteiger partial charge < -0.3 is 10.4 Å². The summed E-state index contributed by atoms with van der Waals surface area (Å²) < 4.78 is 0. The van der Waals surface area contributed by atoms with Gasteiger partial charge >= 0.3 is 0 Å². The first kappa shape index (κ1) is 13.9. The maximum absolute atomic E-state index is 9.30. The predicted octanol–water partition coefficient (Wildman–Crippen LogP) is 3.19. The Morgan fingerprint density at radius 3 is 2.39 bits per heavy atom. The highest BCUT2D eigenvalue weighted by molar-refractivity contribution is 6.30. The van der Waals surface area contributed by atoms with Crippen LogP contribution >= 0.6 is 11.6 Å². The van der Waals surface area contributed by atoms with Crippen molar-refractivity contribution in [1.82, 2.24) is 5.32 Å². The van der Waals surface area contributed by atoms with Gasteiger partial charge in [0.25, 0.3) is 0 Å². The highest BCUT2D eigenvalue weighted by Gasteiger charge is 2.31. The molecular weight excluding hydrogens is 246 g/mol. The van der Waals surface area contributed by atoms with Gasteiger partial charge in [0.2, 0.25) is 0 Å². The third-order valence-corrected chi connectivity index (χ3v) is 4.18. The number of aliphatic hydroxyl groups is 1. The summed E-state index contributed by atoms with van der Waals surface area (Å²) in [5.41, 5.74) is 1.38. The van der Waals surface area contributed by atoms with E-state index in [4.69, 9.17) is 11.6 Å². The van der Waals surface area contributed by atoms with Crippen molar-refractivity contribution in [3.05, 3.63) is 34.9 Å². The number of hydrogen-bond donors (Lipinski definition) is 2. The van der Waals surface area contributed by atoms with Gasteiger partial charge in [0.15, 0.2) is 0 Å². The largest absolute Gasteiger partial charge is 0.395 e. The molecule has 1 saturated carbocycles. The molecule has 0 saturated heterocycles. The van der Waals surface area contributed by atoms with E-state index in [1.54, 1.807) is 0 Å². The molecule has 2 N–H and O–H groups in total. The summed E-state index contributed by atoms with van der Waals surface area (Å²) in [7, 11) is 0. The van der Waals surface area contributed by atoms with E-state index in [1.807, 2.05) is 12.1 Å². The van der Waals surface area contributed by atoms with Gasteiger partial charge in [-0.05, 0) is 42.4 Å². The zero-order chi connectivity index (χ0) is 13.1. The van der Waals surface area contributed by atoms with Gasteiger partial charge in [0.05, 0.1) is 6.61 Å². The van der Waals surface area contributed by atoms with E-state index in [0.717, 1.165) is 17.9 Å². The Morgan fingerprint density at radius 1 is 1.28 bits per heavy atom. The van der Waals surface area contributed by atoms with Crippen LogP contribution in [0, 0.1) is 5.92 Å². The highest BCUT2D eigenvalue weighted by Crippen LogP contribution is 2.37. The molecule has 0 aliphatic heterocycles. The first-order chi connectivity index (χ1) is 8.60. The van der Waals surface area contributed by atoms with Crippen molar-refractivity contribution >= 4 is 11.6 Å². The van der Waals surface area contributed by atoms with E-state index in [0.29, 0.717) is 17.9 Å². The van der Waals surface area contributed by atoms with Crippen LogP contribution in [0.5, 0.6) is 0 Å². The fourth-order valence-electron chi connectivity index (χ4n) is 2.52. The molecule has 1 atom stereocenters. The number of halogens is 1. The van der Waals surface area contributed by atoms with Crippen LogP contribution in [0.15, 0.2) is 24.3 Å². The van der Waals surface area contributed by atoms with Gasteiger partial charge in [0, 0.05) is 17.1 Å². The molecule has 1 aliphatic carbocycles. The molecule has 1 aliphatic rings. The second-order valence-electron chi connectivity index (χ2n) is 5.62. The number of rotatable bonds is 5. The van der Waals surface area contributed by atoms with Gasteiger partial charge in [-0.3, -0.25) is 0 Å². The predicted molar refractivity (Wildman–Crippen MR) is 76.1 cm³/mol. The van der Waals surface area contributed by atoms with Gasteiger partial charge in [-0.25, -0.2) is 0 Å². The zero-order valence-electron chi connectivity index (χ0n) is 11.1. The maximum Gasteiger partial charge on any atom is 0.0587 e. The lowest BCUT2D eigenvalue weighted by Gasteiger charge is -2.39. The Morgan fingerprint density at radius 2 is 1.89 bits per heavy atom. The van der Waals surface area contributed by atoms with E-state index in [-0.39, 0.29) is 12.6 Å². The molecule has 0 aromatic heterocycles. The van der Waals surface area contributed by atoms with Crippen LogP contribution in [-0.2, 0) is 0 Å². The summed E-state index contributed by atoms with van der Waals surface area (Å²) in [6, 6.07) is 8.93. The molecule has 0 spiro atoms. The minimum atomic E-state index is 0.222. The standard InChI is InChI=1S/C15H22ClNO/c1-10(2)15(9-18)17-14-7-12(8-14)11-3-5-13(16)6-4-11/h3-6,10,12,14-15,17-18H,7-9H2,1-2H3. The molecule has 18 heavy (non-hydrogen) atoms. The molecule has 2 rings (SSSR count). The van der Waals surface area contributed by atoms with E-state index in [2.05, 4.69) is 31.3 Å². The van der Waals surface area contributed by atoms with Gasteiger partial charge in [0.1, 0.15) is 0 Å². The summed E-state index contributed by atoms with van der Waals surface area (Å²) >= 11 is 5.89. The quantitative estimate of drug-likeness (QED) is 0.859. The van der Waals surface area contributed by atoms with Gasteiger partial charge in [-0.15, -0.1) is 0 Å². The van der Waals surface area contributed by atoms with Gasteiger partial charge in [-0.1, -0.05) is 37.6 Å². The van der Waals surface area contributed by atoms with Crippen LogP contribution in [0.25, 0.3) is 0 Å². The Labute approximate surface area is 114 Å². The Kier molecular flexibility index (Phi) is 4.66. The minimum absolute atomic E-state index is 0.222. The molecular formula is C15H22ClNO. The van der Waals surface area contributed by atoms with Crippen molar-refractivity contribution in [3.8, 4) is 0 Å². The minimum Gasteiger partial charge on any atom is -0.395 e. The van der Waals surface area contributed by atoms with Crippen molar-refractivity contribution in [3.63, 3.8) is 0 Å². The monoisotopic (exact) mass is 267 g/mol. The second kappa shape index (κ2) is 6.05. The third-order valence-electron chi connectivity index (χ3n) is 3.93. The smallest absolute Gasteiger partial charge is 0.0587 e. The van der Waals surface area contributed by atoms with E-state index in [1.165, 1.54) is 5.56 Å². The van der Waals surface area contributed by atoms with Crippen LogP contribution in [0.4, 0.5) is 0 Å². The summed E-state index contributed by atoms with van der Waals surface area (Å²) in [5, 5.41) is 13.6. The number of hydrogen-bond acceptors (Lipinski definition) is 2. The van der Waals surface area contributed by atoms with E-state index < -0.39 is 0 Å². The summed E-state index contributed by atoms with van der Waals surface area (Å²) in [5.74, 6) is 1.12. The molecule has 1 aromatic carbocycles. The molecule has 1 fully saturated rings. The van der Waals surface area contributed by atoms with E-state index >= 15 is 0 Å². The van der Waals surface area contributed by atoms with Crippen molar-refractivity contribution in [1.29, 1.82) is 0 Å². The number of nitrogens with one attached hydrogen (secondary N) is 1. The molecule has 0 bridgehead atoms. The fourth-order valence-corrected chi connectivity index (χ4v) is 2.65. The van der Waals surface area contributed by atoms with Crippen molar-refractivity contribution in [2.75, 3.05) is 6.61 Å². The molecule has 0 amide bonds. The molecule has 0 radical (unpaired) electrons. The Bertz CT molecular complexity index is 371. The second-order valence-corrected chi connectivity index (χ2v) is 6.05. The number of benzene rings is 1. The lowest BCUT2D eigenvalue weighted by atomic mass is 9.75. The third kappa shape index (κ3) is 3.25. The van der Waals surface area contributed by atoms with E-state index in [9.17, 15) is 5.11 Å². The topological polar surface area (TPSA) is 32.3 Å². The Hall–Kier alpha value is -0.570. The average molecular weight is 268 g/mol. The van der Waals surface area contributed by atoms with Gasteiger partial charge in [-0.2, -0.15) is 0 Å². The van der Waals surface area contributed by atoms with Crippen molar-refractivity contribution in [2.24, 2.45) is 5.92 Å². The first-order valence-electron chi connectivity index (χ1n) is 6.72. The summed E-state index contributed by atoms with van der Waals surface area (Å²) in [4.78, 5) is 0. The number of aliphatic hydroxyl groups excluding tert-OH is 1. The van der Waals surface area contributed by atoms with Crippen LogP contribution in [-0.4, -0.2) is 23.8 Å². The molecule has 2 nitrogen and oxygen atoms in total. The van der Waals surface area contributed by atoms with Crippen molar-refractivity contribution in [2.45, 2.75) is 44.7 Å². The SMILES string of the molecule is CC(C)C(CO)NC1CC(c2ccc(Cl)cc2)C1. The summed E-state index contributed by atoms with van der Waals surface area (Å²) in [6.45, 7) is 4.51. The lowest BCUT2D eigenvalue weighted by molar-refractivity contribution is 0.169. The molecule has 100 valence electrons. The first-order valence-corrected chi connectivity index (χ1v) is 7.10. The van der Waals surface area contributed by atoms with Crippen LogP contribution in [0.3, 0.4) is 0 Å².